The second-order valence-electron chi connectivity index (χ2n) is 3.51. The number of nitrogens with one attached hydrogen (secondary N) is 1. The predicted molar refractivity (Wildman–Crippen MR) is 71.8 cm³/mol. The van der Waals surface area contributed by atoms with Gasteiger partial charge in [0.1, 0.15) is 0 Å². The Bertz CT molecular complexity index is 171. The van der Waals surface area contributed by atoms with Crippen LogP contribution >= 0.6 is 0 Å². The van der Waals surface area contributed by atoms with E-state index in [1.165, 1.54) is 23.5 Å². The zero-order chi connectivity index (χ0) is 12.2. The molecule has 0 aliphatic rings. The van der Waals surface area contributed by atoms with Gasteiger partial charge >= 0.3 is 113 Å². The van der Waals surface area contributed by atoms with Crippen molar-refractivity contribution in [2.75, 3.05) is 6.54 Å². The van der Waals surface area contributed by atoms with E-state index in [1.807, 2.05) is 0 Å². The van der Waals surface area contributed by atoms with Crippen molar-refractivity contribution in [1.29, 1.82) is 0 Å². The van der Waals surface area contributed by atoms with Crippen LogP contribution in [-0.2, 0) is 0 Å². The SMILES string of the molecule is CCCCNC(=O)N([Se]CCC)[Se]CCC. The first-order valence-corrected chi connectivity index (χ1v) is 10.0. The average molecular weight is 358 g/mol. The van der Waals surface area contributed by atoms with E-state index >= 15 is 0 Å². The number of amides is 2. The van der Waals surface area contributed by atoms with Crippen LogP contribution in [0.1, 0.15) is 46.5 Å². The number of urea groups is 1. The predicted octanol–water partition coefficient (Wildman–Crippen LogP) is 2.69. The van der Waals surface area contributed by atoms with Crippen LogP contribution in [-0.4, -0.2) is 45.9 Å². The third-order valence-electron chi connectivity index (χ3n) is 1.80. The summed E-state index contributed by atoms with van der Waals surface area (Å²) >= 11 is 0.723. The molecule has 5 heteroatoms. The fourth-order valence-corrected chi connectivity index (χ4v) is 5.76. The second kappa shape index (κ2) is 11.8. The molecular weight excluding hydrogens is 334 g/mol. The van der Waals surface area contributed by atoms with Gasteiger partial charge < -0.3 is 0 Å². The number of hydrogen-bond donors (Lipinski definition) is 1. The van der Waals surface area contributed by atoms with Gasteiger partial charge in [-0.15, -0.1) is 0 Å². The van der Waals surface area contributed by atoms with Gasteiger partial charge in [0, 0.05) is 0 Å². The van der Waals surface area contributed by atoms with Crippen LogP contribution in [0.3, 0.4) is 0 Å². The molecule has 0 fully saturated rings. The quantitative estimate of drug-likeness (QED) is 0.499. The maximum absolute atomic E-state index is 11.9. The Kier molecular flexibility index (Phi) is 12.0. The molecule has 0 aliphatic carbocycles. The molecule has 16 heavy (non-hydrogen) atoms. The molecule has 0 aromatic carbocycles. The van der Waals surface area contributed by atoms with E-state index in [0.29, 0.717) is 30.3 Å². The molecular formula is C11H24N2OSe2. The number of carbonyl (C=O) groups excluding carboxylic acids is 1. The number of unbranched alkanes of at least 4 members (excludes halogenated alkanes) is 1. The van der Waals surface area contributed by atoms with E-state index in [2.05, 4.69) is 29.0 Å². The number of rotatable bonds is 9. The van der Waals surface area contributed by atoms with E-state index in [9.17, 15) is 4.79 Å². The Hall–Kier alpha value is 0.309. The molecule has 0 bridgehead atoms. The summed E-state index contributed by atoms with van der Waals surface area (Å²) in [6, 6.07) is 0.176. The van der Waals surface area contributed by atoms with Gasteiger partial charge in [0.05, 0.1) is 0 Å². The molecule has 0 aromatic heterocycles. The van der Waals surface area contributed by atoms with Gasteiger partial charge in [-0.3, -0.25) is 0 Å². The summed E-state index contributed by atoms with van der Waals surface area (Å²) in [4.78, 5) is 11.9. The number of nitrogens with zero attached hydrogens (tertiary/aromatic N) is 1. The summed E-state index contributed by atoms with van der Waals surface area (Å²) in [6.45, 7) is 7.34. The van der Waals surface area contributed by atoms with Crippen LogP contribution in [0, 0.1) is 0 Å². The van der Waals surface area contributed by atoms with Crippen LogP contribution < -0.4 is 5.32 Å². The van der Waals surface area contributed by atoms with Crippen molar-refractivity contribution in [2.45, 2.75) is 57.1 Å². The first kappa shape index (κ1) is 16.3. The van der Waals surface area contributed by atoms with Gasteiger partial charge in [-0.25, -0.2) is 0 Å². The maximum atomic E-state index is 11.9. The Morgan fingerprint density at radius 3 is 2.06 bits per heavy atom. The molecule has 0 rings (SSSR count). The molecule has 0 radical (unpaired) electrons. The topological polar surface area (TPSA) is 32.3 Å². The van der Waals surface area contributed by atoms with Gasteiger partial charge in [0.25, 0.3) is 0 Å². The van der Waals surface area contributed by atoms with Crippen molar-refractivity contribution >= 4 is 36.4 Å². The number of carbonyl (C=O) groups is 1. The summed E-state index contributed by atoms with van der Waals surface area (Å²) in [7, 11) is 0. The number of hydrogen-bond acceptors (Lipinski definition) is 1. The molecule has 0 aliphatic heterocycles. The molecule has 3 nitrogen and oxygen atoms in total. The van der Waals surface area contributed by atoms with Gasteiger partial charge in [0.15, 0.2) is 0 Å². The van der Waals surface area contributed by atoms with Crippen molar-refractivity contribution in [3.05, 3.63) is 0 Å². The molecule has 0 atom stereocenters. The van der Waals surface area contributed by atoms with Crippen LogP contribution in [0.5, 0.6) is 0 Å². The van der Waals surface area contributed by atoms with Crippen molar-refractivity contribution in [3.8, 4) is 0 Å². The fourth-order valence-electron chi connectivity index (χ4n) is 0.940. The second-order valence-corrected chi connectivity index (χ2v) is 9.01. The van der Waals surface area contributed by atoms with Gasteiger partial charge in [-0.1, -0.05) is 0 Å². The van der Waals surface area contributed by atoms with E-state index in [0.717, 1.165) is 19.4 Å². The summed E-state index contributed by atoms with van der Waals surface area (Å²) < 4.78 is 2.09. The molecule has 0 unspecified atom stereocenters. The first-order chi connectivity index (χ1) is 7.76. The van der Waals surface area contributed by atoms with Gasteiger partial charge in [0.2, 0.25) is 0 Å². The minimum atomic E-state index is 0.176. The Labute approximate surface area is 113 Å². The zero-order valence-corrected chi connectivity index (χ0v) is 14.0. The van der Waals surface area contributed by atoms with E-state index in [1.54, 1.807) is 0 Å². The van der Waals surface area contributed by atoms with Crippen LogP contribution in [0.2, 0.25) is 10.6 Å². The first-order valence-electron chi connectivity index (χ1n) is 6.10. The molecule has 0 spiro atoms. The third kappa shape index (κ3) is 8.46. The molecule has 0 heterocycles. The van der Waals surface area contributed by atoms with Crippen molar-refractivity contribution in [2.24, 2.45) is 0 Å². The summed E-state index contributed by atoms with van der Waals surface area (Å²) in [6.07, 6.45) is 4.59. The Balaban J connectivity index is 3.88. The van der Waals surface area contributed by atoms with E-state index < -0.39 is 0 Å². The standard InChI is InChI=1S/C11H24N2OSe2/c1-4-7-8-12-11(14)13(15-9-5-2)16-10-6-3/h4-10H2,1-3H3,(H,12,14). The van der Waals surface area contributed by atoms with Crippen molar-refractivity contribution in [3.63, 3.8) is 0 Å². The van der Waals surface area contributed by atoms with Crippen LogP contribution in [0.15, 0.2) is 0 Å². The van der Waals surface area contributed by atoms with E-state index in [4.69, 9.17) is 0 Å². The molecule has 0 aromatic rings. The zero-order valence-electron chi connectivity index (χ0n) is 10.6. The average Bonchev–Trinajstić information content (AvgIpc) is 2.29. The Morgan fingerprint density at radius 2 is 1.62 bits per heavy atom. The Morgan fingerprint density at radius 1 is 1.06 bits per heavy atom. The summed E-state index contributed by atoms with van der Waals surface area (Å²) in [5.74, 6) is 0. The summed E-state index contributed by atoms with van der Waals surface area (Å²) in [5, 5.41) is 5.38. The fraction of sp³-hybridized carbons (Fsp3) is 0.909. The monoisotopic (exact) mass is 360 g/mol. The van der Waals surface area contributed by atoms with Crippen LogP contribution in [0.4, 0.5) is 4.79 Å². The third-order valence-corrected chi connectivity index (χ3v) is 8.26. The van der Waals surface area contributed by atoms with Crippen LogP contribution in [0.25, 0.3) is 0 Å². The molecule has 96 valence electrons. The van der Waals surface area contributed by atoms with E-state index in [-0.39, 0.29) is 6.03 Å². The van der Waals surface area contributed by atoms with Crippen molar-refractivity contribution in [1.82, 2.24) is 8.25 Å². The van der Waals surface area contributed by atoms with Crippen molar-refractivity contribution < 1.29 is 4.79 Å². The van der Waals surface area contributed by atoms with Gasteiger partial charge in [-0.2, -0.15) is 0 Å². The summed E-state index contributed by atoms with van der Waals surface area (Å²) in [5.41, 5.74) is 0. The molecule has 2 amide bonds. The molecule has 1 N–H and O–H groups in total. The molecule has 0 saturated carbocycles. The normalized spacial score (nSPS) is 10.2. The molecule has 0 saturated heterocycles. The minimum absolute atomic E-state index is 0.176. The van der Waals surface area contributed by atoms with Gasteiger partial charge in [-0.05, 0) is 0 Å².